The molecule has 2 aliphatic rings. The number of nitrogens with zero attached hydrogens (tertiary/aromatic N) is 3. The molecule has 0 spiro atoms. The highest BCUT2D eigenvalue weighted by Gasteiger charge is 2.29. The summed E-state index contributed by atoms with van der Waals surface area (Å²) in [7, 11) is 0. The second-order valence-corrected chi connectivity index (χ2v) is 10.3. The number of fused-ring (bicyclic) bond motifs is 1. The van der Waals surface area contributed by atoms with E-state index in [1.54, 1.807) is 16.7 Å². The highest BCUT2D eigenvalue weighted by Crippen LogP contribution is 2.30. The van der Waals surface area contributed by atoms with Gasteiger partial charge in [-0.2, -0.15) is 11.8 Å². The Bertz CT molecular complexity index is 1310. The van der Waals surface area contributed by atoms with Gasteiger partial charge in [0.15, 0.2) is 0 Å². The van der Waals surface area contributed by atoms with Crippen LogP contribution < -0.4 is 16.6 Å². The van der Waals surface area contributed by atoms with Crippen molar-refractivity contribution in [1.82, 2.24) is 19.4 Å². The maximum absolute atomic E-state index is 14.0. The fourth-order valence-corrected chi connectivity index (χ4v) is 6.22. The van der Waals surface area contributed by atoms with Crippen LogP contribution >= 0.6 is 11.8 Å². The molecule has 178 valence electrons. The van der Waals surface area contributed by atoms with Gasteiger partial charge in [-0.3, -0.25) is 18.7 Å². The SMILES string of the molecule is O=C(NC1CCC(n2c(=O)c3cc(F)cnc3n(C3CCSCC3)c2=O)CC1)c1ccccc1. The van der Waals surface area contributed by atoms with E-state index in [1.807, 2.05) is 30.0 Å². The molecular weight excluding hydrogens is 455 g/mol. The maximum Gasteiger partial charge on any atom is 0.333 e. The van der Waals surface area contributed by atoms with Crippen LogP contribution in [0.25, 0.3) is 11.0 Å². The van der Waals surface area contributed by atoms with Gasteiger partial charge >= 0.3 is 5.69 Å². The van der Waals surface area contributed by atoms with E-state index in [0.29, 0.717) is 31.2 Å². The van der Waals surface area contributed by atoms with Crippen molar-refractivity contribution in [1.29, 1.82) is 0 Å². The Labute approximate surface area is 200 Å². The Kier molecular flexibility index (Phi) is 6.54. The van der Waals surface area contributed by atoms with Crippen molar-refractivity contribution < 1.29 is 9.18 Å². The van der Waals surface area contributed by atoms with Crippen LogP contribution in [0.4, 0.5) is 4.39 Å². The highest BCUT2D eigenvalue weighted by molar-refractivity contribution is 7.99. The second kappa shape index (κ2) is 9.74. The van der Waals surface area contributed by atoms with Gasteiger partial charge in [0, 0.05) is 23.7 Å². The van der Waals surface area contributed by atoms with E-state index in [0.717, 1.165) is 30.5 Å². The third-order valence-electron chi connectivity index (χ3n) is 6.91. The summed E-state index contributed by atoms with van der Waals surface area (Å²) in [6.45, 7) is 0. The number of pyridine rings is 1. The molecule has 1 saturated heterocycles. The molecule has 1 aliphatic heterocycles. The molecular formula is C25H27FN4O3S. The monoisotopic (exact) mass is 482 g/mol. The number of rotatable bonds is 4. The van der Waals surface area contributed by atoms with E-state index in [9.17, 15) is 18.8 Å². The molecule has 1 amide bonds. The normalized spacial score (nSPS) is 21.4. The van der Waals surface area contributed by atoms with Crippen molar-refractivity contribution in [2.45, 2.75) is 56.7 Å². The first-order valence-corrected chi connectivity index (χ1v) is 12.9. The molecule has 1 N–H and O–H groups in total. The summed E-state index contributed by atoms with van der Waals surface area (Å²) in [4.78, 5) is 43.7. The topological polar surface area (TPSA) is 86.0 Å². The molecule has 0 unspecified atom stereocenters. The molecule has 1 aromatic carbocycles. The molecule has 0 bridgehead atoms. The Morgan fingerprint density at radius 2 is 1.65 bits per heavy atom. The minimum atomic E-state index is -0.590. The Morgan fingerprint density at radius 3 is 2.35 bits per heavy atom. The highest BCUT2D eigenvalue weighted by atomic mass is 32.2. The van der Waals surface area contributed by atoms with Crippen LogP contribution in [0.1, 0.15) is 61.0 Å². The maximum atomic E-state index is 14.0. The van der Waals surface area contributed by atoms with Crippen LogP contribution in [0.3, 0.4) is 0 Å². The lowest BCUT2D eigenvalue weighted by atomic mass is 9.90. The molecule has 2 fully saturated rings. The van der Waals surface area contributed by atoms with Crippen LogP contribution in [-0.2, 0) is 0 Å². The van der Waals surface area contributed by atoms with Crippen molar-refractivity contribution in [3.8, 4) is 0 Å². The van der Waals surface area contributed by atoms with Crippen molar-refractivity contribution in [3.63, 3.8) is 0 Å². The fraction of sp³-hybridized carbons (Fsp3) is 0.440. The molecule has 0 radical (unpaired) electrons. The molecule has 34 heavy (non-hydrogen) atoms. The van der Waals surface area contributed by atoms with E-state index in [2.05, 4.69) is 10.3 Å². The summed E-state index contributed by atoms with van der Waals surface area (Å²) in [5.74, 6) is 1.16. The first-order chi connectivity index (χ1) is 16.5. The largest absolute Gasteiger partial charge is 0.349 e. The molecule has 7 nitrogen and oxygen atoms in total. The number of halogens is 1. The predicted molar refractivity (Wildman–Crippen MR) is 131 cm³/mol. The second-order valence-electron chi connectivity index (χ2n) is 9.04. The quantitative estimate of drug-likeness (QED) is 0.613. The van der Waals surface area contributed by atoms with Gasteiger partial charge in [-0.15, -0.1) is 0 Å². The van der Waals surface area contributed by atoms with Crippen LogP contribution in [0.2, 0.25) is 0 Å². The lowest BCUT2D eigenvalue weighted by molar-refractivity contribution is 0.0922. The number of carbonyl (C=O) groups is 1. The Hall–Kier alpha value is -2.94. The number of benzene rings is 1. The van der Waals surface area contributed by atoms with Crippen LogP contribution in [-0.4, -0.2) is 37.6 Å². The smallest absolute Gasteiger partial charge is 0.333 e. The summed E-state index contributed by atoms with van der Waals surface area (Å²) in [6, 6.07) is 9.90. The van der Waals surface area contributed by atoms with Crippen molar-refractivity contribution >= 4 is 28.7 Å². The van der Waals surface area contributed by atoms with Crippen molar-refractivity contribution in [2.24, 2.45) is 0 Å². The molecule has 2 aromatic heterocycles. The number of hydrogen-bond acceptors (Lipinski definition) is 5. The molecule has 9 heteroatoms. The van der Waals surface area contributed by atoms with E-state index in [4.69, 9.17) is 0 Å². The van der Waals surface area contributed by atoms with Gasteiger partial charge in [0.2, 0.25) is 0 Å². The predicted octanol–water partition coefficient (Wildman–Crippen LogP) is 3.68. The van der Waals surface area contributed by atoms with Gasteiger partial charge in [0.25, 0.3) is 11.5 Å². The summed E-state index contributed by atoms with van der Waals surface area (Å²) >= 11 is 1.85. The number of thioether (sulfide) groups is 1. The first-order valence-electron chi connectivity index (χ1n) is 11.8. The first kappa shape index (κ1) is 22.8. The average molecular weight is 483 g/mol. The molecule has 3 heterocycles. The van der Waals surface area contributed by atoms with Gasteiger partial charge < -0.3 is 5.32 Å². The van der Waals surface area contributed by atoms with Gasteiger partial charge in [0.05, 0.1) is 11.6 Å². The van der Waals surface area contributed by atoms with E-state index in [-0.39, 0.29) is 40.8 Å². The van der Waals surface area contributed by atoms with Crippen LogP contribution in [0, 0.1) is 5.82 Å². The van der Waals surface area contributed by atoms with Gasteiger partial charge in [-0.1, -0.05) is 18.2 Å². The molecule has 1 saturated carbocycles. The molecule has 1 aliphatic carbocycles. The zero-order chi connectivity index (χ0) is 23.7. The molecule has 5 rings (SSSR count). The number of aromatic nitrogens is 3. The standard InChI is InChI=1S/C25H27FN4O3S/c26-17-14-21-22(27-15-17)29(20-10-12-34-13-11-20)25(33)30(24(21)32)19-8-6-18(7-9-19)28-23(31)16-4-2-1-3-5-16/h1-5,14-15,18-20H,6-13H2,(H,28,31). The van der Waals surface area contributed by atoms with E-state index >= 15 is 0 Å². The van der Waals surface area contributed by atoms with Crippen molar-refractivity contribution in [3.05, 3.63) is 74.8 Å². The summed E-state index contributed by atoms with van der Waals surface area (Å²) in [6.07, 6.45) is 5.20. The third kappa shape index (κ3) is 4.41. The minimum Gasteiger partial charge on any atom is -0.349 e. The third-order valence-corrected chi connectivity index (χ3v) is 7.96. The summed E-state index contributed by atoms with van der Waals surface area (Å²) in [5.41, 5.74) is 0.0438. The minimum absolute atomic E-state index is 0.0168. The number of hydrogen-bond donors (Lipinski definition) is 1. The van der Waals surface area contributed by atoms with E-state index < -0.39 is 11.4 Å². The number of nitrogens with one attached hydrogen (secondary N) is 1. The lowest BCUT2D eigenvalue weighted by Crippen LogP contribution is -2.46. The number of amides is 1. The summed E-state index contributed by atoms with van der Waals surface area (Å²) < 4.78 is 17.0. The van der Waals surface area contributed by atoms with Crippen LogP contribution in [0.15, 0.2) is 52.2 Å². The lowest BCUT2D eigenvalue weighted by Gasteiger charge is -2.31. The van der Waals surface area contributed by atoms with Gasteiger partial charge in [0.1, 0.15) is 11.5 Å². The van der Waals surface area contributed by atoms with Crippen molar-refractivity contribution in [2.75, 3.05) is 11.5 Å². The van der Waals surface area contributed by atoms with Gasteiger partial charge in [-0.05, 0) is 68.2 Å². The Morgan fingerprint density at radius 1 is 0.971 bits per heavy atom. The number of carbonyl (C=O) groups excluding carboxylic acids is 1. The molecule has 0 atom stereocenters. The molecule has 3 aromatic rings. The fourth-order valence-electron chi connectivity index (χ4n) is 5.14. The Balaban J connectivity index is 1.43. The zero-order valence-corrected chi connectivity index (χ0v) is 19.6. The summed E-state index contributed by atoms with van der Waals surface area (Å²) in [5, 5.41) is 3.22. The average Bonchev–Trinajstić information content (AvgIpc) is 2.87. The van der Waals surface area contributed by atoms with Crippen LogP contribution in [0.5, 0.6) is 0 Å². The van der Waals surface area contributed by atoms with Gasteiger partial charge in [-0.25, -0.2) is 14.2 Å². The van der Waals surface area contributed by atoms with E-state index in [1.165, 1.54) is 10.6 Å². The zero-order valence-electron chi connectivity index (χ0n) is 18.8.